The van der Waals surface area contributed by atoms with Crippen LogP contribution in [0.15, 0.2) is 83.9 Å². The van der Waals surface area contributed by atoms with Gasteiger partial charge in [-0.2, -0.15) is 4.31 Å². The van der Waals surface area contributed by atoms with E-state index in [0.717, 1.165) is 9.87 Å². The summed E-state index contributed by atoms with van der Waals surface area (Å²) in [6, 6.07) is 20.0. The van der Waals surface area contributed by atoms with E-state index >= 15 is 0 Å². The molecule has 37 heavy (non-hydrogen) atoms. The standard InChI is InChI=1S/C27H27FN4O4S/c1-4-31(37(34,35)23-14-12-22(36-3)13-15-23)18-26(33)30-27-29-25(20-8-6-5-7-9-20)17-32(27)21-11-10-19(2)24(28)16-21/h5-17H,4,18H2,1-3H3,(H,29,30,33). The smallest absolute Gasteiger partial charge is 0.243 e. The highest BCUT2D eigenvalue weighted by Gasteiger charge is 2.26. The molecular formula is C27H27FN4O4S. The van der Waals surface area contributed by atoms with E-state index in [1.165, 1.54) is 25.3 Å². The Morgan fingerprint density at radius 3 is 2.41 bits per heavy atom. The van der Waals surface area contributed by atoms with Crippen LogP contribution >= 0.6 is 0 Å². The Balaban J connectivity index is 1.62. The number of methoxy groups -OCH3 is 1. The molecule has 0 bridgehead atoms. The molecular weight excluding hydrogens is 495 g/mol. The number of amides is 1. The third-order valence-electron chi connectivity index (χ3n) is 5.83. The zero-order chi connectivity index (χ0) is 26.6. The molecule has 1 aromatic heterocycles. The minimum atomic E-state index is -3.93. The van der Waals surface area contributed by atoms with Crippen molar-refractivity contribution in [3.05, 3.63) is 90.4 Å². The molecule has 0 atom stereocenters. The van der Waals surface area contributed by atoms with Crippen LogP contribution in [0.1, 0.15) is 12.5 Å². The number of halogens is 1. The third kappa shape index (κ3) is 5.71. The first kappa shape index (κ1) is 26.1. The Kier molecular flexibility index (Phi) is 7.70. The molecule has 10 heteroatoms. The Labute approximate surface area is 215 Å². The number of aryl methyl sites for hydroxylation is 1. The highest BCUT2D eigenvalue weighted by atomic mass is 32.2. The van der Waals surface area contributed by atoms with Crippen molar-refractivity contribution in [2.75, 3.05) is 25.5 Å². The van der Waals surface area contributed by atoms with Gasteiger partial charge in [-0.25, -0.2) is 17.8 Å². The molecule has 1 N–H and O–H groups in total. The molecule has 0 radical (unpaired) electrons. The quantitative estimate of drug-likeness (QED) is 0.346. The fourth-order valence-electron chi connectivity index (χ4n) is 3.73. The SMILES string of the molecule is CCN(CC(=O)Nc1nc(-c2ccccc2)cn1-c1ccc(C)c(F)c1)S(=O)(=O)c1ccc(OC)cc1. The van der Waals surface area contributed by atoms with Gasteiger partial charge in [0.25, 0.3) is 0 Å². The van der Waals surface area contributed by atoms with Crippen LogP contribution in [0.4, 0.5) is 10.3 Å². The van der Waals surface area contributed by atoms with E-state index in [-0.39, 0.29) is 17.4 Å². The Morgan fingerprint density at radius 2 is 1.78 bits per heavy atom. The molecule has 8 nitrogen and oxygen atoms in total. The number of nitrogens with zero attached hydrogens (tertiary/aromatic N) is 3. The van der Waals surface area contributed by atoms with Gasteiger partial charge < -0.3 is 4.74 Å². The lowest BCUT2D eigenvalue weighted by Crippen LogP contribution is -2.38. The van der Waals surface area contributed by atoms with Gasteiger partial charge in [-0.05, 0) is 48.9 Å². The molecule has 0 saturated carbocycles. The zero-order valence-corrected chi connectivity index (χ0v) is 21.5. The first-order valence-corrected chi connectivity index (χ1v) is 13.0. The van der Waals surface area contributed by atoms with E-state index in [1.54, 1.807) is 48.9 Å². The first-order valence-electron chi connectivity index (χ1n) is 11.6. The van der Waals surface area contributed by atoms with Gasteiger partial charge in [-0.3, -0.25) is 14.7 Å². The van der Waals surface area contributed by atoms with Gasteiger partial charge in [-0.15, -0.1) is 0 Å². The van der Waals surface area contributed by atoms with Crippen LogP contribution in [0.3, 0.4) is 0 Å². The molecule has 0 fully saturated rings. The minimum absolute atomic E-state index is 0.0472. The zero-order valence-electron chi connectivity index (χ0n) is 20.7. The molecule has 1 amide bonds. The third-order valence-corrected chi connectivity index (χ3v) is 7.77. The number of hydrogen-bond donors (Lipinski definition) is 1. The number of likely N-dealkylation sites (N-methyl/N-ethyl adjacent to an activating group) is 1. The number of carbonyl (C=O) groups is 1. The molecule has 4 rings (SSSR count). The normalized spacial score (nSPS) is 11.5. The number of nitrogens with one attached hydrogen (secondary N) is 1. The number of aromatic nitrogens is 2. The van der Waals surface area contributed by atoms with Crippen molar-refractivity contribution in [3.8, 4) is 22.7 Å². The summed E-state index contributed by atoms with van der Waals surface area (Å²) in [6.45, 7) is 2.96. The first-order chi connectivity index (χ1) is 17.7. The van der Waals surface area contributed by atoms with E-state index in [0.29, 0.717) is 22.7 Å². The van der Waals surface area contributed by atoms with E-state index in [9.17, 15) is 17.6 Å². The van der Waals surface area contributed by atoms with Crippen LogP contribution < -0.4 is 10.1 Å². The second-order valence-electron chi connectivity index (χ2n) is 8.27. The fourth-order valence-corrected chi connectivity index (χ4v) is 5.14. The summed E-state index contributed by atoms with van der Waals surface area (Å²) in [7, 11) is -2.44. The summed E-state index contributed by atoms with van der Waals surface area (Å²) in [5.74, 6) is -0.316. The molecule has 0 spiro atoms. The average molecular weight is 523 g/mol. The number of imidazole rings is 1. The summed E-state index contributed by atoms with van der Waals surface area (Å²) < 4.78 is 48.4. The minimum Gasteiger partial charge on any atom is -0.497 e. The fraction of sp³-hybridized carbons (Fsp3) is 0.185. The molecule has 0 unspecified atom stereocenters. The molecule has 0 aliphatic rings. The highest BCUT2D eigenvalue weighted by Crippen LogP contribution is 2.26. The summed E-state index contributed by atoms with van der Waals surface area (Å²) in [5, 5.41) is 2.70. The van der Waals surface area contributed by atoms with Gasteiger partial charge in [0.1, 0.15) is 11.6 Å². The van der Waals surface area contributed by atoms with E-state index in [2.05, 4.69) is 10.3 Å². The summed E-state index contributed by atoms with van der Waals surface area (Å²) >= 11 is 0. The lowest BCUT2D eigenvalue weighted by molar-refractivity contribution is -0.116. The maximum Gasteiger partial charge on any atom is 0.243 e. The number of ether oxygens (including phenoxy) is 1. The number of rotatable bonds is 9. The van der Waals surface area contributed by atoms with Crippen molar-refractivity contribution in [1.82, 2.24) is 13.9 Å². The van der Waals surface area contributed by atoms with Crippen molar-refractivity contribution >= 4 is 21.9 Å². The second kappa shape index (κ2) is 10.9. The predicted molar refractivity (Wildman–Crippen MR) is 140 cm³/mol. The average Bonchev–Trinajstić information content (AvgIpc) is 3.32. The Morgan fingerprint density at radius 1 is 1.08 bits per heavy atom. The van der Waals surface area contributed by atoms with E-state index in [1.807, 2.05) is 30.3 Å². The lowest BCUT2D eigenvalue weighted by atomic mass is 10.2. The largest absolute Gasteiger partial charge is 0.497 e. The summed E-state index contributed by atoms with van der Waals surface area (Å²) in [5.41, 5.74) is 2.32. The maximum absolute atomic E-state index is 14.3. The van der Waals surface area contributed by atoms with Gasteiger partial charge >= 0.3 is 0 Å². The molecule has 0 saturated heterocycles. The van der Waals surface area contributed by atoms with Gasteiger partial charge in [0.15, 0.2) is 0 Å². The van der Waals surface area contributed by atoms with E-state index in [4.69, 9.17) is 4.74 Å². The van der Waals surface area contributed by atoms with Crippen molar-refractivity contribution in [2.24, 2.45) is 0 Å². The number of hydrogen-bond acceptors (Lipinski definition) is 5. The summed E-state index contributed by atoms with van der Waals surface area (Å²) in [6.07, 6.45) is 1.70. The second-order valence-corrected chi connectivity index (χ2v) is 10.2. The van der Waals surface area contributed by atoms with Gasteiger partial charge in [-0.1, -0.05) is 43.3 Å². The van der Waals surface area contributed by atoms with Crippen molar-refractivity contribution in [2.45, 2.75) is 18.7 Å². The van der Waals surface area contributed by atoms with Crippen LogP contribution in [0.5, 0.6) is 5.75 Å². The maximum atomic E-state index is 14.3. The predicted octanol–water partition coefficient (Wildman–Crippen LogP) is 4.64. The Hall–Kier alpha value is -4.02. The lowest BCUT2D eigenvalue weighted by Gasteiger charge is -2.20. The van der Waals surface area contributed by atoms with Crippen LogP contribution in [-0.4, -0.2) is 48.4 Å². The topological polar surface area (TPSA) is 93.5 Å². The summed E-state index contributed by atoms with van der Waals surface area (Å²) in [4.78, 5) is 17.6. The number of carbonyl (C=O) groups excluding carboxylic acids is 1. The van der Waals surface area contributed by atoms with Crippen molar-refractivity contribution in [3.63, 3.8) is 0 Å². The van der Waals surface area contributed by atoms with Crippen molar-refractivity contribution < 1.29 is 22.3 Å². The van der Waals surface area contributed by atoms with Gasteiger partial charge in [0, 0.05) is 18.3 Å². The van der Waals surface area contributed by atoms with Crippen LogP contribution in [0.25, 0.3) is 16.9 Å². The highest BCUT2D eigenvalue weighted by molar-refractivity contribution is 7.89. The number of sulfonamides is 1. The molecule has 4 aromatic rings. The molecule has 1 heterocycles. The van der Waals surface area contributed by atoms with Gasteiger partial charge in [0.2, 0.25) is 21.9 Å². The van der Waals surface area contributed by atoms with Crippen LogP contribution in [0, 0.1) is 12.7 Å². The number of benzene rings is 3. The Bertz CT molecular complexity index is 1500. The van der Waals surface area contributed by atoms with Gasteiger partial charge in [0.05, 0.1) is 29.9 Å². The number of anilines is 1. The van der Waals surface area contributed by atoms with Crippen LogP contribution in [-0.2, 0) is 14.8 Å². The van der Waals surface area contributed by atoms with E-state index < -0.39 is 28.3 Å². The van der Waals surface area contributed by atoms with Crippen molar-refractivity contribution in [1.29, 1.82) is 0 Å². The van der Waals surface area contributed by atoms with Crippen LogP contribution in [0.2, 0.25) is 0 Å². The molecule has 0 aliphatic heterocycles. The molecule has 192 valence electrons. The monoisotopic (exact) mass is 522 g/mol. The molecule has 3 aromatic carbocycles. The molecule has 0 aliphatic carbocycles.